The van der Waals surface area contributed by atoms with Crippen molar-refractivity contribution in [2.24, 2.45) is 5.41 Å². The molecule has 0 radical (unpaired) electrons. The molecule has 2 atom stereocenters. The van der Waals surface area contributed by atoms with Crippen LogP contribution in [0.4, 0.5) is 0 Å². The Kier molecular flexibility index (Phi) is 4.95. The maximum Gasteiger partial charge on any atom is 0.257 e. The van der Waals surface area contributed by atoms with E-state index in [1.54, 1.807) is 12.1 Å². The Hall–Kier alpha value is -1.56. The van der Waals surface area contributed by atoms with Gasteiger partial charge in [0.1, 0.15) is 5.75 Å². The van der Waals surface area contributed by atoms with Crippen molar-refractivity contribution in [3.8, 4) is 5.75 Å². The van der Waals surface area contributed by atoms with Crippen molar-refractivity contribution in [1.29, 1.82) is 0 Å². The van der Waals surface area contributed by atoms with Crippen LogP contribution in [-0.4, -0.2) is 54.9 Å². The van der Waals surface area contributed by atoms with Crippen LogP contribution in [0.15, 0.2) is 29.8 Å². The third kappa shape index (κ3) is 3.02. The predicted octanol–water partition coefficient (Wildman–Crippen LogP) is 3.40. The van der Waals surface area contributed by atoms with Crippen LogP contribution < -0.4 is 0 Å². The molecule has 1 amide bonds. The Labute approximate surface area is 158 Å². The Morgan fingerprint density at radius 3 is 3.00 bits per heavy atom. The SMILES string of the molecule is O=C(c1cc(Cl)ccc1O)N1CCC[C@]2(C3=CCOCC3)COCC[C@@H]12. The summed E-state index contributed by atoms with van der Waals surface area (Å²) in [4.78, 5) is 15.2. The van der Waals surface area contributed by atoms with Gasteiger partial charge >= 0.3 is 0 Å². The van der Waals surface area contributed by atoms with Gasteiger partial charge in [-0.25, -0.2) is 0 Å². The van der Waals surface area contributed by atoms with Crippen LogP contribution in [0.5, 0.6) is 5.75 Å². The summed E-state index contributed by atoms with van der Waals surface area (Å²) in [6.07, 6.45) is 5.82. The molecule has 0 saturated carbocycles. The normalized spacial score (nSPS) is 29.0. The monoisotopic (exact) mass is 377 g/mol. The second-order valence-electron chi connectivity index (χ2n) is 7.33. The number of piperidine rings is 1. The lowest BCUT2D eigenvalue weighted by Gasteiger charge is -2.54. The van der Waals surface area contributed by atoms with E-state index >= 15 is 0 Å². The number of halogens is 1. The van der Waals surface area contributed by atoms with Gasteiger partial charge < -0.3 is 19.5 Å². The maximum absolute atomic E-state index is 13.3. The number of nitrogens with zero attached hydrogens (tertiary/aromatic N) is 1. The molecule has 4 rings (SSSR count). The largest absolute Gasteiger partial charge is 0.507 e. The van der Waals surface area contributed by atoms with Gasteiger partial charge in [0.05, 0.1) is 25.4 Å². The zero-order chi connectivity index (χ0) is 18.1. The summed E-state index contributed by atoms with van der Waals surface area (Å²) < 4.78 is 11.4. The number of carbonyl (C=O) groups is 1. The minimum atomic E-state index is -0.145. The van der Waals surface area contributed by atoms with Crippen molar-refractivity contribution in [3.63, 3.8) is 0 Å². The van der Waals surface area contributed by atoms with Gasteiger partial charge in [-0.2, -0.15) is 0 Å². The highest BCUT2D eigenvalue weighted by Crippen LogP contribution is 2.48. The van der Waals surface area contributed by atoms with Crippen molar-refractivity contribution in [2.45, 2.75) is 31.7 Å². The number of aromatic hydroxyl groups is 1. The molecule has 0 unspecified atom stereocenters. The first-order valence-electron chi connectivity index (χ1n) is 9.26. The third-order valence-corrected chi connectivity index (χ3v) is 6.22. The standard InChI is InChI=1S/C20H24ClNO4/c21-15-2-3-17(23)16(12-15)19(24)22-8-1-7-20(13-26-11-6-18(20)22)14-4-9-25-10-5-14/h2-4,12,18,23H,1,5-11,13H2/t18-,20-/m1/s1. The number of benzene rings is 1. The van der Waals surface area contributed by atoms with E-state index in [0.717, 1.165) is 32.3 Å². The van der Waals surface area contributed by atoms with Crippen LogP contribution in [0.2, 0.25) is 5.02 Å². The van der Waals surface area contributed by atoms with Gasteiger partial charge in [-0.1, -0.05) is 23.3 Å². The van der Waals surface area contributed by atoms with E-state index in [2.05, 4.69) is 6.08 Å². The Morgan fingerprint density at radius 1 is 1.31 bits per heavy atom. The maximum atomic E-state index is 13.3. The summed E-state index contributed by atoms with van der Waals surface area (Å²) in [5.41, 5.74) is 1.51. The van der Waals surface area contributed by atoms with Crippen molar-refractivity contribution < 1.29 is 19.4 Å². The van der Waals surface area contributed by atoms with E-state index in [1.165, 1.54) is 11.6 Å². The van der Waals surface area contributed by atoms with Gasteiger partial charge in [0.15, 0.2) is 0 Å². The highest BCUT2D eigenvalue weighted by atomic mass is 35.5. The highest BCUT2D eigenvalue weighted by molar-refractivity contribution is 6.31. The molecule has 0 aromatic heterocycles. The average Bonchev–Trinajstić information content (AvgIpc) is 2.69. The lowest BCUT2D eigenvalue weighted by atomic mass is 9.65. The fourth-order valence-corrected chi connectivity index (χ4v) is 4.93. The summed E-state index contributed by atoms with van der Waals surface area (Å²) in [7, 11) is 0. The summed E-state index contributed by atoms with van der Waals surface area (Å²) >= 11 is 6.06. The molecule has 3 aliphatic heterocycles. The van der Waals surface area contributed by atoms with Gasteiger partial charge in [0, 0.05) is 29.6 Å². The molecular formula is C20H24ClNO4. The number of hydrogen-bond donors (Lipinski definition) is 1. The number of carbonyl (C=O) groups excluding carboxylic acids is 1. The molecule has 6 heteroatoms. The molecule has 0 spiro atoms. The highest BCUT2D eigenvalue weighted by Gasteiger charge is 2.50. The molecule has 2 fully saturated rings. The van der Waals surface area contributed by atoms with Crippen molar-refractivity contribution >= 4 is 17.5 Å². The second-order valence-corrected chi connectivity index (χ2v) is 7.77. The number of phenols is 1. The van der Waals surface area contributed by atoms with Gasteiger partial charge in [0.25, 0.3) is 5.91 Å². The van der Waals surface area contributed by atoms with Gasteiger partial charge in [0.2, 0.25) is 0 Å². The first-order chi connectivity index (χ1) is 12.6. The van der Waals surface area contributed by atoms with E-state index in [9.17, 15) is 9.90 Å². The van der Waals surface area contributed by atoms with Gasteiger partial charge in [-0.15, -0.1) is 0 Å². The average molecular weight is 378 g/mol. The van der Waals surface area contributed by atoms with Crippen LogP contribution in [0.3, 0.4) is 0 Å². The summed E-state index contributed by atoms with van der Waals surface area (Å²) in [6.45, 7) is 3.35. The number of phenolic OH excluding ortho intramolecular Hbond substituents is 1. The van der Waals surface area contributed by atoms with E-state index in [-0.39, 0.29) is 28.7 Å². The zero-order valence-electron chi connectivity index (χ0n) is 14.7. The molecular weight excluding hydrogens is 354 g/mol. The fraction of sp³-hybridized carbons (Fsp3) is 0.550. The molecule has 2 saturated heterocycles. The van der Waals surface area contributed by atoms with Crippen molar-refractivity contribution in [3.05, 3.63) is 40.4 Å². The molecule has 26 heavy (non-hydrogen) atoms. The summed E-state index contributed by atoms with van der Waals surface area (Å²) in [6, 6.07) is 4.72. The molecule has 1 aromatic rings. The quantitative estimate of drug-likeness (QED) is 0.802. The van der Waals surface area contributed by atoms with E-state index in [0.29, 0.717) is 31.4 Å². The van der Waals surface area contributed by atoms with Crippen LogP contribution in [0, 0.1) is 5.41 Å². The number of hydrogen-bond acceptors (Lipinski definition) is 4. The second kappa shape index (κ2) is 7.22. The van der Waals surface area contributed by atoms with Crippen LogP contribution in [-0.2, 0) is 9.47 Å². The Morgan fingerprint density at radius 2 is 2.19 bits per heavy atom. The third-order valence-electron chi connectivity index (χ3n) is 5.98. The van der Waals surface area contributed by atoms with Gasteiger partial charge in [-0.05, 0) is 43.9 Å². The molecule has 140 valence electrons. The minimum absolute atomic E-state index is 0.0204. The number of likely N-dealkylation sites (tertiary alicyclic amines) is 1. The Balaban J connectivity index is 1.69. The van der Waals surface area contributed by atoms with Crippen molar-refractivity contribution in [2.75, 3.05) is 33.0 Å². The van der Waals surface area contributed by atoms with Crippen molar-refractivity contribution in [1.82, 2.24) is 4.90 Å². The van der Waals surface area contributed by atoms with E-state index in [4.69, 9.17) is 21.1 Å². The number of rotatable bonds is 2. The molecule has 0 aliphatic carbocycles. The van der Waals surface area contributed by atoms with E-state index < -0.39 is 0 Å². The lowest BCUT2D eigenvalue weighted by molar-refractivity contribution is -0.0739. The number of fused-ring (bicyclic) bond motifs is 1. The van der Waals surface area contributed by atoms with Crippen LogP contribution >= 0.6 is 11.6 Å². The van der Waals surface area contributed by atoms with Crippen LogP contribution in [0.25, 0.3) is 0 Å². The molecule has 5 nitrogen and oxygen atoms in total. The molecule has 0 bridgehead atoms. The molecule has 3 heterocycles. The molecule has 1 N–H and O–H groups in total. The topological polar surface area (TPSA) is 59.0 Å². The van der Waals surface area contributed by atoms with Gasteiger partial charge in [-0.3, -0.25) is 4.79 Å². The Bertz CT molecular complexity index is 731. The van der Waals surface area contributed by atoms with Crippen LogP contribution in [0.1, 0.15) is 36.0 Å². The molecule has 1 aromatic carbocycles. The molecule has 3 aliphatic rings. The lowest BCUT2D eigenvalue weighted by Crippen LogP contribution is -2.59. The summed E-state index contributed by atoms with van der Waals surface area (Å²) in [5.74, 6) is -0.165. The summed E-state index contributed by atoms with van der Waals surface area (Å²) in [5, 5.41) is 10.6. The fourth-order valence-electron chi connectivity index (χ4n) is 4.76. The minimum Gasteiger partial charge on any atom is -0.507 e. The predicted molar refractivity (Wildman–Crippen MR) is 98.6 cm³/mol. The van der Waals surface area contributed by atoms with E-state index in [1.807, 2.05) is 4.90 Å². The number of amides is 1. The number of ether oxygens (including phenoxy) is 2. The smallest absolute Gasteiger partial charge is 0.257 e. The zero-order valence-corrected chi connectivity index (χ0v) is 15.5. The first-order valence-corrected chi connectivity index (χ1v) is 9.64. The first kappa shape index (κ1) is 17.8.